The molecule has 28 valence electrons. The van der Waals surface area contributed by atoms with Gasteiger partial charge in [0.25, 0.3) is 0 Å². The second kappa shape index (κ2) is 18.5. The number of hydrogen-bond donors (Lipinski definition) is 1. The fraction of sp³-hybridized carbons (Fsp3) is 1.00. The maximum Gasteiger partial charge on any atom is 1.00 e. The van der Waals surface area contributed by atoms with E-state index in [0.717, 1.165) is 0 Å². The molecule has 0 rings (SSSR count). The van der Waals surface area contributed by atoms with Crippen LogP contribution in [0.15, 0.2) is 0 Å². The first-order valence-corrected chi connectivity index (χ1v) is 1.02. The first-order valence-electron chi connectivity index (χ1n) is 1.02. The SMILES string of the molecule is CCO.[Na+].[SH-]. The molecule has 0 bridgehead atoms. The summed E-state index contributed by atoms with van der Waals surface area (Å²) in [5.41, 5.74) is 0. The van der Waals surface area contributed by atoms with E-state index in [1.54, 1.807) is 6.92 Å². The fourth-order valence-corrected chi connectivity index (χ4v) is 0. The van der Waals surface area contributed by atoms with Crippen molar-refractivity contribution in [2.24, 2.45) is 0 Å². The molecular formula is C2H7NaOS. The van der Waals surface area contributed by atoms with Gasteiger partial charge in [0.1, 0.15) is 0 Å². The largest absolute Gasteiger partial charge is 1.00 e. The van der Waals surface area contributed by atoms with Crippen molar-refractivity contribution in [2.75, 3.05) is 6.61 Å². The molecule has 1 nitrogen and oxygen atoms in total. The summed E-state index contributed by atoms with van der Waals surface area (Å²) in [6.45, 7) is 1.93. The van der Waals surface area contributed by atoms with E-state index in [1.807, 2.05) is 0 Å². The van der Waals surface area contributed by atoms with Crippen molar-refractivity contribution in [1.82, 2.24) is 0 Å². The average Bonchev–Trinajstić information content (AvgIpc) is 0.918. The zero-order chi connectivity index (χ0) is 2.71. The normalized spacial score (nSPS) is 3.60. The number of thiol groups is 1. The van der Waals surface area contributed by atoms with Gasteiger partial charge >= 0.3 is 29.6 Å². The van der Waals surface area contributed by atoms with Gasteiger partial charge in [-0.3, -0.25) is 0 Å². The quantitative estimate of drug-likeness (QED) is 0.197. The molecular weight excluding hydrogens is 95.1 g/mol. The Labute approximate surface area is 61.5 Å². The Bertz CT molecular complexity index is 9.61. The van der Waals surface area contributed by atoms with Crippen LogP contribution in [0.5, 0.6) is 0 Å². The topological polar surface area (TPSA) is 20.2 Å². The number of hydrogen-bond acceptors (Lipinski definition) is 2. The Kier molecular flexibility index (Phi) is 60.0. The van der Waals surface area contributed by atoms with Crippen LogP contribution in [0, 0.1) is 0 Å². The molecule has 0 atom stereocenters. The molecule has 0 aromatic carbocycles. The van der Waals surface area contributed by atoms with E-state index in [2.05, 4.69) is 0 Å². The van der Waals surface area contributed by atoms with Crippen LogP contribution < -0.4 is 29.6 Å². The molecule has 0 fully saturated rings. The van der Waals surface area contributed by atoms with Gasteiger partial charge in [0.05, 0.1) is 0 Å². The Morgan fingerprint density at radius 2 is 1.60 bits per heavy atom. The van der Waals surface area contributed by atoms with E-state index in [4.69, 9.17) is 5.11 Å². The van der Waals surface area contributed by atoms with Crippen LogP contribution in [0.2, 0.25) is 0 Å². The molecule has 0 unspecified atom stereocenters. The van der Waals surface area contributed by atoms with Crippen molar-refractivity contribution in [2.45, 2.75) is 6.92 Å². The summed E-state index contributed by atoms with van der Waals surface area (Å²) < 4.78 is 0. The van der Waals surface area contributed by atoms with Crippen LogP contribution in [-0.4, -0.2) is 11.7 Å². The van der Waals surface area contributed by atoms with E-state index in [0.29, 0.717) is 0 Å². The zero-order valence-corrected chi connectivity index (χ0v) is 6.50. The average molecular weight is 102 g/mol. The number of aliphatic hydroxyl groups excluding tert-OH is 1. The minimum absolute atomic E-state index is 0. The van der Waals surface area contributed by atoms with Crippen LogP contribution in [-0.2, 0) is 13.5 Å². The van der Waals surface area contributed by atoms with Gasteiger partial charge in [-0.25, -0.2) is 0 Å². The third-order valence-electron chi connectivity index (χ3n) is 0. The maximum absolute atomic E-state index is 7.57. The molecule has 0 saturated heterocycles. The second-order valence-electron chi connectivity index (χ2n) is 0.316. The van der Waals surface area contributed by atoms with Crippen molar-refractivity contribution in [3.8, 4) is 0 Å². The minimum Gasteiger partial charge on any atom is -0.813 e. The molecule has 1 N–H and O–H groups in total. The molecule has 0 radical (unpaired) electrons. The summed E-state index contributed by atoms with van der Waals surface area (Å²) in [6.07, 6.45) is 0. The molecule has 0 aromatic rings. The van der Waals surface area contributed by atoms with Crippen LogP contribution in [0.4, 0.5) is 0 Å². The van der Waals surface area contributed by atoms with Crippen molar-refractivity contribution in [3.63, 3.8) is 0 Å². The molecule has 0 aliphatic heterocycles. The van der Waals surface area contributed by atoms with E-state index in [-0.39, 0.29) is 49.7 Å². The molecule has 3 heteroatoms. The summed E-state index contributed by atoms with van der Waals surface area (Å²) in [5, 5.41) is 7.57. The minimum atomic E-state index is 0. The molecule has 0 amide bonds. The van der Waals surface area contributed by atoms with Gasteiger partial charge in [0, 0.05) is 6.61 Å². The Morgan fingerprint density at radius 1 is 1.60 bits per heavy atom. The second-order valence-corrected chi connectivity index (χ2v) is 0.316. The summed E-state index contributed by atoms with van der Waals surface area (Å²) in [4.78, 5) is 0. The molecule has 0 aromatic heterocycles. The van der Waals surface area contributed by atoms with Gasteiger partial charge in [-0.15, -0.1) is 0 Å². The molecule has 0 aliphatic carbocycles. The molecule has 5 heavy (non-hydrogen) atoms. The Balaban J connectivity index is -0.0000000200. The van der Waals surface area contributed by atoms with Crippen LogP contribution in [0.25, 0.3) is 0 Å². The van der Waals surface area contributed by atoms with E-state index in [9.17, 15) is 0 Å². The van der Waals surface area contributed by atoms with Gasteiger partial charge in [-0.1, -0.05) is 0 Å². The molecule has 0 aliphatic rings. The summed E-state index contributed by atoms with van der Waals surface area (Å²) in [7, 11) is 0. The smallest absolute Gasteiger partial charge is 0.813 e. The van der Waals surface area contributed by atoms with Gasteiger partial charge in [0.15, 0.2) is 0 Å². The third-order valence-corrected chi connectivity index (χ3v) is 0. The Hall–Kier alpha value is 1.31. The third kappa shape index (κ3) is 33.9. The first kappa shape index (κ1) is 16.2. The van der Waals surface area contributed by atoms with E-state index in [1.165, 1.54) is 0 Å². The predicted octanol–water partition coefficient (Wildman–Crippen LogP) is -3.27. The van der Waals surface area contributed by atoms with Crippen molar-refractivity contribution in [1.29, 1.82) is 0 Å². The van der Waals surface area contributed by atoms with Gasteiger partial charge in [-0.2, -0.15) is 0 Å². The van der Waals surface area contributed by atoms with E-state index < -0.39 is 0 Å². The van der Waals surface area contributed by atoms with Crippen molar-refractivity contribution >= 4 is 13.5 Å². The Morgan fingerprint density at radius 3 is 1.60 bits per heavy atom. The standard InChI is InChI=1S/C2H6O.Na.H2S/c1-2-3;;/h3H,2H2,1H3;;1H2/q;+1;/p-1. The number of rotatable bonds is 0. The molecule has 0 heterocycles. The summed E-state index contributed by atoms with van der Waals surface area (Å²) in [5.74, 6) is 0. The van der Waals surface area contributed by atoms with Crippen LogP contribution >= 0.6 is 0 Å². The van der Waals surface area contributed by atoms with Crippen LogP contribution in [0.3, 0.4) is 0 Å². The monoisotopic (exact) mass is 102 g/mol. The molecule has 0 spiro atoms. The van der Waals surface area contributed by atoms with Crippen molar-refractivity contribution in [3.05, 3.63) is 0 Å². The summed E-state index contributed by atoms with van der Waals surface area (Å²) >= 11 is 0. The van der Waals surface area contributed by atoms with Gasteiger partial charge in [-0.05, 0) is 6.92 Å². The fourth-order valence-electron chi connectivity index (χ4n) is 0. The van der Waals surface area contributed by atoms with Crippen molar-refractivity contribution < 1.29 is 34.7 Å². The zero-order valence-electron chi connectivity index (χ0n) is 3.60. The van der Waals surface area contributed by atoms with Gasteiger partial charge < -0.3 is 18.6 Å². The van der Waals surface area contributed by atoms with Gasteiger partial charge in [0.2, 0.25) is 0 Å². The van der Waals surface area contributed by atoms with Crippen LogP contribution in [0.1, 0.15) is 6.92 Å². The maximum atomic E-state index is 7.57. The predicted molar refractivity (Wildman–Crippen MR) is 21.5 cm³/mol. The molecule has 0 saturated carbocycles. The number of aliphatic hydroxyl groups is 1. The summed E-state index contributed by atoms with van der Waals surface area (Å²) in [6, 6.07) is 0. The first-order chi connectivity index (χ1) is 1.41. The van der Waals surface area contributed by atoms with E-state index >= 15 is 0 Å².